The Hall–Kier alpha value is -1.25. The van der Waals surface area contributed by atoms with Gasteiger partial charge in [-0.05, 0) is 38.5 Å². The van der Waals surface area contributed by atoms with Gasteiger partial charge in [0.15, 0.2) is 6.10 Å². The molecule has 0 aromatic heterocycles. The van der Waals surface area contributed by atoms with E-state index in [1.54, 1.807) is 0 Å². The summed E-state index contributed by atoms with van der Waals surface area (Å²) in [6.45, 7) is 4.53. The van der Waals surface area contributed by atoms with Crippen molar-refractivity contribution in [3.63, 3.8) is 0 Å². The maximum Gasteiger partial charge on any atom is 0.472 e. The third-order valence-corrected chi connectivity index (χ3v) is 19.5. The number of esters is 2. The lowest BCUT2D eigenvalue weighted by Gasteiger charge is -2.24. The largest absolute Gasteiger partial charge is 0.472 e. The van der Waals surface area contributed by atoms with Crippen LogP contribution >= 0.6 is 7.82 Å². The minimum atomic E-state index is -4.39. The zero-order chi connectivity index (χ0) is 64.8. The Morgan fingerprint density at radius 1 is 0.337 bits per heavy atom. The first-order chi connectivity index (χ1) is 43.5. The number of hydrogen-bond donors (Lipinski definition) is 1. The number of allylic oxidation sites excluding steroid dienone is 2. The summed E-state index contributed by atoms with van der Waals surface area (Å²) in [6, 6.07) is 0. The highest BCUT2D eigenvalue weighted by Gasteiger charge is 2.27. The molecule has 0 saturated heterocycles. The molecule has 0 aromatic carbocycles. The van der Waals surface area contributed by atoms with E-state index in [9.17, 15) is 19.0 Å². The van der Waals surface area contributed by atoms with Crippen LogP contribution in [0.25, 0.3) is 0 Å². The molecule has 2 unspecified atom stereocenters. The second kappa shape index (κ2) is 71.1. The van der Waals surface area contributed by atoms with Gasteiger partial charge in [0.1, 0.15) is 19.8 Å². The Morgan fingerprint density at radius 2 is 0.573 bits per heavy atom. The number of phosphoric acid groups is 1. The number of hydrogen-bond acceptors (Lipinski definition) is 7. The molecule has 0 spiro atoms. The fourth-order valence-corrected chi connectivity index (χ4v) is 13.2. The zero-order valence-electron chi connectivity index (χ0n) is 60.7. The monoisotopic (exact) mass is 1280 g/mol. The first kappa shape index (κ1) is 87.8. The number of unbranched alkanes of at least 4 members (excludes halogenated alkanes) is 60. The van der Waals surface area contributed by atoms with Crippen molar-refractivity contribution in [2.75, 3.05) is 47.5 Å². The van der Waals surface area contributed by atoms with Crippen LogP contribution in [0.4, 0.5) is 0 Å². The minimum absolute atomic E-state index is 0.0372. The van der Waals surface area contributed by atoms with E-state index in [-0.39, 0.29) is 25.6 Å². The summed E-state index contributed by atoms with van der Waals surface area (Å²) in [5, 5.41) is 0. The second-order valence-electron chi connectivity index (χ2n) is 28.8. The van der Waals surface area contributed by atoms with E-state index in [4.69, 9.17) is 18.5 Å². The molecule has 10 heteroatoms. The molecule has 9 nitrogen and oxygen atoms in total. The second-order valence-corrected chi connectivity index (χ2v) is 30.3. The molecule has 0 aliphatic carbocycles. The van der Waals surface area contributed by atoms with E-state index >= 15 is 0 Å². The summed E-state index contributed by atoms with van der Waals surface area (Å²) >= 11 is 0. The van der Waals surface area contributed by atoms with Crippen molar-refractivity contribution in [2.45, 2.75) is 437 Å². The Labute approximate surface area is 556 Å². The Kier molecular flexibility index (Phi) is 70.1. The topological polar surface area (TPSA) is 108 Å². The summed E-state index contributed by atoms with van der Waals surface area (Å²) in [5.41, 5.74) is 0. The van der Waals surface area contributed by atoms with E-state index in [0.29, 0.717) is 17.4 Å². The summed E-state index contributed by atoms with van der Waals surface area (Å²) < 4.78 is 34.8. The lowest BCUT2D eigenvalue weighted by Crippen LogP contribution is -2.37. The van der Waals surface area contributed by atoms with Gasteiger partial charge in [-0.1, -0.05) is 392 Å². The molecule has 0 aromatic rings. The summed E-state index contributed by atoms with van der Waals surface area (Å²) in [7, 11) is 1.51. The SMILES string of the molecule is CCCCCCCCCC/C=C\CCCCCCCCCCCCCCCCCCCCCCCCCCCCCCCC(=O)OC(COC(=O)CCCCCCCCCCCCCCCCCCCCCCCCCC)COP(=O)(O)OCC[N+](C)(C)C. The smallest absolute Gasteiger partial charge is 0.462 e. The predicted molar refractivity (Wildman–Crippen MR) is 386 cm³/mol. The average molecular weight is 1280 g/mol. The summed E-state index contributed by atoms with van der Waals surface area (Å²) in [5.74, 6) is -0.767. The van der Waals surface area contributed by atoms with Crippen LogP contribution in [0.15, 0.2) is 12.2 Å². The van der Waals surface area contributed by atoms with E-state index in [2.05, 4.69) is 26.0 Å². The van der Waals surface area contributed by atoms with Gasteiger partial charge in [0.2, 0.25) is 0 Å². The molecule has 2 atom stereocenters. The van der Waals surface area contributed by atoms with Gasteiger partial charge in [-0.2, -0.15) is 0 Å². The zero-order valence-corrected chi connectivity index (χ0v) is 61.6. The number of carbonyl (C=O) groups is 2. The van der Waals surface area contributed by atoms with Gasteiger partial charge in [-0.3, -0.25) is 18.6 Å². The fourth-order valence-electron chi connectivity index (χ4n) is 12.4. The van der Waals surface area contributed by atoms with Crippen LogP contribution < -0.4 is 0 Å². The van der Waals surface area contributed by atoms with Gasteiger partial charge in [0.25, 0.3) is 0 Å². The van der Waals surface area contributed by atoms with E-state index in [1.807, 2.05) is 21.1 Å². The molecule has 1 N–H and O–H groups in total. The van der Waals surface area contributed by atoms with Crippen molar-refractivity contribution >= 4 is 19.8 Å². The third-order valence-electron chi connectivity index (χ3n) is 18.5. The first-order valence-corrected chi connectivity index (χ1v) is 41.4. The van der Waals surface area contributed by atoms with Crippen LogP contribution in [0.2, 0.25) is 0 Å². The van der Waals surface area contributed by atoms with Crippen molar-refractivity contribution in [2.24, 2.45) is 0 Å². The number of nitrogens with zero attached hydrogens (tertiary/aromatic N) is 1. The van der Waals surface area contributed by atoms with E-state index < -0.39 is 26.5 Å². The van der Waals surface area contributed by atoms with Crippen LogP contribution in [0, 0.1) is 0 Å². The number of rotatable bonds is 76. The highest BCUT2D eigenvalue weighted by atomic mass is 31.2. The molecule has 0 fully saturated rings. The van der Waals surface area contributed by atoms with Crippen molar-refractivity contribution in [3.8, 4) is 0 Å². The Bertz CT molecular complexity index is 1500. The maximum atomic E-state index is 12.9. The minimum Gasteiger partial charge on any atom is -0.462 e. The van der Waals surface area contributed by atoms with Crippen molar-refractivity contribution < 1.29 is 42.1 Å². The number of quaternary nitrogens is 1. The van der Waals surface area contributed by atoms with Gasteiger partial charge in [-0.15, -0.1) is 0 Å². The number of likely N-dealkylation sites (N-methyl/N-ethyl adjacent to an activating group) is 1. The molecule has 0 saturated carbocycles. The van der Waals surface area contributed by atoms with Gasteiger partial charge < -0.3 is 18.9 Å². The molecule has 0 aliphatic heterocycles. The molecular weight excluding hydrogens is 1120 g/mol. The molecule has 530 valence electrons. The van der Waals surface area contributed by atoms with Crippen molar-refractivity contribution in [1.29, 1.82) is 0 Å². The highest BCUT2D eigenvalue weighted by molar-refractivity contribution is 7.47. The van der Waals surface area contributed by atoms with Crippen molar-refractivity contribution in [1.82, 2.24) is 0 Å². The van der Waals surface area contributed by atoms with Crippen molar-refractivity contribution in [3.05, 3.63) is 12.2 Å². The fraction of sp³-hybridized carbons (Fsp3) is 0.949. The van der Waals surface area contributed by atoms with Crippen LogP contribution in [0.3, 0.4) is 0 Å². The Balaban J connectivity index is 3.85. The maximum absolute atomic E-state index is 12.9. The molecule has 0 heterocycles. The van der Waals surface area contributed by atoms with Gasteiger partial charge in [-0.25, -0.2) is 4.57 Å². The first-order valence-electron chi connectivity index (χ1n) is 39.9. The van der Waals surface area contributed by atoms with Crippen LogP contribution in [0.1, 0.15) is 431 Å². The lowest BCUT2D eigenvalue weighted by atomic mass is 10.0. The van der Waals surface area contributed by atoms with Crippen LogP contribution in [-0.4, -0.2) is 74.9 Å². The third kappa shape index (κ3) is 75.7. The molecule has 89 heavy (non-hydrogen) atoms. The van der Waals surface area contributed by atoms with Gasteiger partial charge >= 0.3 is 19.8 Å². The van der Waals surface area contributed by atoms with Crippen LogP contribution in [0.5, 0.6) is 0 Å². The van der Waals surface area contributed by atoms with Crippen LogP contribution in [-0.2, 0) is 32.7 Å². The number of ether oxygens (including phenoxy) is 2. The predicted octanol–water partition coefficient (Wildman–Crippen LogP) is 26.2. The molecular formula is C79H157NO8P+. The standard InChI is InChI=1S/C79H156NO8P/c1-6-8-10-12-14-16-18-20-22-24-26-28-30-32-33-34-35-36-37-38-39-40-41-42-43-44-45-46-47-48-50-52-54-56-58-60-62-64-66-68-70-72-79(82)88-77(76-87-89(83,84)86-74-73-80(3,4)5)75-85-78(81)71-69-67-65-63-61-59-57-55-53-51-49-31-29-27-25-23-21-19-17-15-13-11-9-7-2/h24,26,77H,6-23,25,27-76H2,1-5H3/p+1/b26-24-. The molecule has 0 rings (SSSR count). The Morgan fingerprint density at radius 3 is 0.831 bits per heavy atom. The number of phosphoric ester groups is 1. The normalized spacial score (nSPS) is 13.0. The van der Waals surface area contributed by atoms with E-state index in [0.717, 1.165) is 38.5 Å². The highest BCUT2D eigenvalue weighted by Crippen LogP contribution is 2.43. The molecule has 0 bridgehead atoms. The summed E-state index contributed by atoms with van der Waals surface area (Å²) in [4.78, 5) is 35.9. The summed E-state index contributed by atoms with van der Waals surface area (Å²) in [6.07, 6.45) is 89.5. The lowest BCUT2D eigenvalue weighted by molar-refractivity contribution is -0.870. The molecule has 0 aliphatic rings. The quantitative estimate of drug-likeness (QED) is 0.0211. The molecule has 0 amide bonds. The van der Waals surface area contributed by atoms with E-state index in [1.165, 1.54) is 366 Å². The number of carbonyl (C=O) groups excluding carboxylic acids is 2. The van der Waals surface area contributed by atoms with Gasteiger partial charge in [0, 0.05) is 12.8 Å². The van der Waals surface area contributed by atoms with Gasteiger partial charge in [0.05, 0.1) is 27.7 Å². The molecule has 0 radical (unpaired) electrons. The average Bonchev–Trinajstić information content (AvgIpc) is 3.60.